The largest absolute Gasteiger partial charge is 0.343 e. The minimum Gasteiger partial charge on any atom is -0.343 e. The Morgan fingerprint density at radius 1 is 1.03 bits per heavy atom. The number of sulfone groups is 1. The van der Waals surface area contributed by atoms with E-state index in [0.29, 0.717) is 22.9 Å². The fraction of sp³-hybridized carbons (Fsp3) is 0.720. The Hall–Kier alpha value is -1.40. The minimum absolute atomic E-state index is 0.334. The average Bonchev–Trinajstić information content (AvgIpc) is 2.94. The topological polar surface area (TPSA) is 57.7 Å². The molecule has 1 aliphatic heterocycles. The SMILES string of the molecule is CCC(CC)N(CCCCN1CCCCCC1=O)C(C)Cc1ccc(S(C)(=O)=O)cc1. The summed E-state index contributed by atoms with van der Waals surface area (Å²) in [6.45, 7) is 9.64. The third kappa shape index (κ3) is 8.23. The molecule has 5 nitrogen and oxygen atoms in total. The van der Waals surface area contributed by atoms with E-state index in [1.165, 1.54) is 18.2 Å². The van der Waals surface area contributed by atoms with Gasteiger partial charge in [-0.05, 0) is 76.1 Å². The third-order valence-electron chi connectivity index (χ3n) is 6.63. The van der Waals surface area contributed by atoms with Crippen molar-refractivity contribution in [2.75, 3.05) is 25.9 Å². The normalized spacial score (nSPS) is 16.7. The summed E-state index contributed by atoms with van der Waals surface area (Å²) in [5, 5.41) is 0. The predicted octanol–water partition coefficient (Wildman–Crippen LogP) is 4.69. The molecule has 1 amide bonds. The van der Waals surface area contributed by atoms with Gasteiger partial charge < -0.3 is 4.90 Å². The molecule has 1 heterocycles. The van der Waals surface area contributed by atoms with Crippen molar-refractivity contribution >= 4 is 15.7 Å². The van der Waals surface area contributed by atoms with Gasteiger partial charge >= 0.3 is 0 Å². The van der Waals surface area contributed by atoms with Crippen molar-refractivity contribution in [3.63, 3.8) is 0 Å². The zero-order valence-corrected chi connectivity index (χ0v) is 20.8. The second-order valence-electron chi connectivity index (χ2n) is 9.08. The van der Waals surface area contributed by atoms with Gasteiger partial charge in [-0.15, -0.1) is 0 Å². The maximum atomic E-state index is 12.2. The molecule has 1 aromatic carbocycles. The van der Waals surface area contributed by atoms with E-state index < -0.39 is 9.84 Å². The number of hydrogen-bond acceptors (Lipinski definition) is 4. The smallest absolute Gasteiger partial charge is 0.222 e. The van der Waals surface area contributed by atoms with Crippen molar-refractivity contribution < 1.29 is 13.2 Å². The van der Waals surface area contributed by atoms with Gasteiger partial charge in [0.05, 0.1) is 4.90 Å². The summed E-state index contributed by atoms with van der Waals surface area (Å²) >= 11 is 0. The maximum Gasteiger partial charge on any atom is 0.222 e. The second-order valence-corrected chi connectivity index (χ2v) is 11.1. The van der Waals surface area contributed by atoms with Gasteiger partial charge in [-0.25, -0.2) is 8.42 Å². The highest BCUT2D eigenvalue weighted by Crippen LogP contribution is 2.19. The van der Waals surface area contributed by atoms with Crippen molar-refractivity contribution in [1.29, 1.82) is 0 Å². The molecule has 1 fully saturated rings. The number of benzene rings is 1. The summed E-state index contributed by atoms with van der Waals surface area (Å²) in [5.74, 6) is 0.334. The lowest BCUT2D eigenvalue weighted by Gasteiger charge is -2.36. The van der Waals surface area contributed by atoms with E-state index in [4.69, 9.17) is 0 Å². The van der Waals surface area contributed by atoms with Crippen LogP contribution in [0.3, 0.4) is 0 Å². The molecular weight excluding hydrogens is 408 g/mol. The number of amides is 1. The lowest BCUT2D eigenvalue weighted by molar-refractivity contribution is -0.130. The number of rotatable bonds is 12. The van der Waals surface area contributed by atoms with Crippen molar-refractivity contribution in [2.45, 2.75) is 95.5 Å². The van der Waals surface area contributed by atoms with Crippen LogP contribution in [0.15, 0.2) is 29.2 Å². The predicted molar refractivity (Wildman–Crippen MR) is 128 cm³/mol. The molecule has 1 saturated heterocycles. The van der Waals surface area contributed by atoms with Gasteiger partial charge in [0.15, 0.2) is 9.84 Å². The summed E-state index contributed by atoms with van der Waals surface area (Å²) < 4.78 is 23.4. The molecule has 0 bridgehead atoms. The minimum atomic E-state index is -3.15. The van der Waals surface area contributed by atoms with E-state index in [9.17, 15) is 13.2 Å². The molecule has 1 aromatic rings. The summed E-state index contributed by atoms with van der Waals surface area (Å²) in [6.07, 6.45) is 10.6. The lowest BCUT2D eigenvalue weighted by atomic mass is 10.0. The Labute approximate surface area is 190 Å². The lowest BCUT2D eigenvalue weighted by Crippen LogP contribution is -2.43. The van der Waals surface area contributed by atoms with E-state index in [2.05, 4.69) is 30.6 Å². The number of likely N-dealkylation sites (tertiary alicyclic amines) is 1. The number of unbranched alkanes of at least 4 members (excludes halogenated alkanes) is 1. The Morgan fingerprint density at radius 2 is 1.71 bits per heavy atom. The number of carbonyl (C=O) groups excluding carboxylic acids is 1. The van der Waals surface area contributed by atoms with Gasteiger partial charge in [-0.2, -0.15) is 0 Å². The summed E-state index contributed by atoms with van der Waals surface area (Å²) in [6, 6.07) is 8.26. The van der Waals surface area contributed by atoms with Crippen LogP contribution in [0.4, 0.5) is 0 Å². The van der Waals surface area contributed by atoms with Crippen LogP contribution in [0, 0.1) is 0 Å². The van der Waals surface area contributed by atoms with Crippen LogP contribution in [0.25, 0.3) is 0 Å². The van der Waals surface area contributed by atoms with E-state index in [0.717, 1.165) is 71.0 Å². The molecule has 0 saturated carbocycles. The zero-order valence-electron chi connectivity index (χ0n) is 20.0. The first-order valence-corrected chi connectivity index (χ1v) is 14.0. The molecule has 6 heteroatoms. The van der Waals surface area contributed by atoms with Crippen LogP contribution in [0.1, 0.15) is 77.7 Å². The van der Waals surface area contributed by atoms with E-state index in [1.54, 1.807) is 12.1 Å². The van der Waals surface area contributed by atoms with Crippen LogP contribution >= 0.6 is 0 Å². The van der Waals surface area contributed by atoms with Gasteiger partial charge in [0.25, 0.3) is 0 Å². The molecule has 2 rings (SSSR count). The molecule has 0 N–H and O–H groups in total. The Balaban J connectivity index is 1.93. The third-order valence-corrected chi connectivity index (χ3v) is 7.75. The van der Waals surface area contributed by atoms with Crippen LogP contribution in [-0.2, 0) is 21.1 Å². The molecule has 0 aliphatic carbocycles. The zero-order chi connectivity index (χ0) is 22.9. The van der Waals surface area contributed by atoms with Crippen molar-refractivity contribution in [1.82, 2.24) is 9.80 Å². The summed E-state index contributed by atoms with van der Waals surface area (Å²) in [5.41, 5.74) is 1.17. The molecule has 31 heavy (non-hydrogen) atoms. The monoisotopic (exact) mass is 450 g/mol. The first-order chi connectivity index (χ1) is 14.8. The molecule has 0 spiro atoms. The van der Waals surface area contributed by atoms with Crippen LogP contribution in [-0.4, -0.2) is 62.1 Å². The second kappa shape index (κ2) is 12.6. The van der Waals surface area contributed by atoms with Gasteiger partial charge in [-0.1, -0.05) is 32.4 Å². The maximum absolute atomic E-state index is 12.2. The highest BCUT2D eigenvalue weighted by Gasteiger charge is 2.22. The van der Waals surface area contributed by atoms with E-state index >= 15 is 0 Å². The molecule has 1 aliphatic rings. The first kappa shape index (κ1) is 25.9. The number of nitrogens with zero attached hydrogens (tertiary/aromatic N) is 2. The average molecular weight is 451 g/mol. The standard InChI is InChI=1S/C25H42N2O3S/c1-5-23(6-2)27(19-11-10-18-26-17-9-7-8-12-25(26)28)21(3)20-22-13-15-24(16-14-22)31(4,29)30/h13-16,21,23H,5-12,17-20H2,1-4H3. The number of hydrogen-bond donors (Lipinski definition) is 0. The number of carbonyl (C=O) groups is 1. The summed E-state index contributed by atoms with van der Waals surface area (Å²) in [4.78, 5) is 17.3. The van der Waals surface area contributed by atoms with Gasteiger partial charge in [0.1, 0.15) is 0 Å². The molecule has 176 valence electrons. The van der Waals surface area contributed by atoms with E-state index in [-0.39, 0.29) is 0 Å². The van der Waals surface area contributed by atoms with Crippen LogP contribution in [0.2, 0.25) is 0 Å². The van der Waals surface area contributed by atoms with Crippen LogP contribution in [0.5, 0.6) is 0 Å². The van der Waals surface area contributed by atoms with Crippen molar-refractivity contribution in [3.8, 4) is 0 Å². The van der Waals surface area contributed by atoms with Crippen molar-refractivity contribution in [2.24, 2.45) is 0 Å². The summed E-state index contributed by atoms with van der Waals surface area (Å²) in [7, 11) is -3.15. The molecule has 1 atom stereocenters. The quantitative estimate of drug-likeness (QED) is 0.433. The van der Waals surface area contributed by atoms with E-state index in [1.807, 2.05) is 12.1 Å². The highest BCUT2D eigenvalue weighted by molar-refractivity contribution is 7.90. The highest BCUT2D eigenvalue weighted by atomic mass is 32.2. The molecular formula is C25H42N2O3S. The fourth-order valence-electron chi connectivity index (χ4n) is 4.72. The van der Waals surface area contributed by atoms with Gasteiger partial charge in [0.2, 0.25) is 5.91 Å². The first-order valence-electron chi connectivity index (χ1n) is 12.1. The molecule has 0 aromatic heterocycles. The molecule has 0 radical (unpaired) electrons. The van der Waals surface area contributed by atoms with Gasteiger partial charge in [-0.3, -0.25) is 9.69 Å². The van der Waals surface area contributed by atoms with Gasteiger partial charge in [0, 0.05) is 37.8 Å². The van der Waals surface area contributed by atoms with Crippen molar-refractivity contribution in [3.05, 3.63) is 29.8 Å². The Bertz CT molecular complexity index is 772. The van der Waals surface area contributed by atoms with Crippen LogP contribution < -0.4 is 0 Å². The fourth-order valence-corrected chi connectivity index (χ4v) is 5.35. The molecule has 1 unspecified atom stereocenters. The Kier molecular flexibility index (Phi) is 10.5. The Morgan fingerprint density at radius 3 is 2.32 bits per heavy atom.